The summed E-state index contributed by atoms with van der Waals surface area (Å²) in [5, 5.41) is 11.2. The molecule has 7 heteroatoms. The summed E-state index contributed by atoms with van der Waals surface area (Å²) in [6.45, 7) is 10.3. The summed E-state index contributed by atoms with van der Waals surface area (Å²) < 4.78 is 29.8. The van der Waals surface area contributed by atoms with Crippen molar-refractivity contribution < 1.29 is 33.6 Å². The second-order valence-corrected chi connectivity index (χ2v) is 12.9. The van der Waals surface area contributed by atoms with Gasteiger partial charge in [-0.2, -0.15) is 0 Å². The van der Waals surface area contributed by atoms with E-state index in [0.717, 1.165) is 77.4 Å². The lowest BCUT2D eigenvalue weighted by molar-refractivity contribution is -0.197. The van der Waals surface area contributed by atoms with Gasteiger partial charge in [-0.15, -0.1) is 0 Å². The van der Waals surface area contributed by atoms with Crippen LogP contribution in [0.4, 0.5) is 0 Å². The number of carbonyl (C=O) groups excluding carboxylic acids is 1. The summed E-state index contributed by atoms with van der Waals surface area (Å²) in [7, 11) is 1.42. The molecule has 2 unspecified atom stereocenters. The van der Waals surface area contributed by atoms with Crippen molar-refractivity contribution in [2.24, 2.45) is 17.3 Å². The van der Waals surface area contributed by atoms with Gasteiger partial charge in [0.05, 0.1) is 25.4 Å². The Morgan fingerprint density at radius 2 is 1.76 bits per heavy atom. The number of carbonyl (C=O) groups is 1. The topological polar surface area (TPSA) is 83.5 Å². The third kappa shape index (κ3) is 11.6. The summed E-state index contributed by atoms with van der Waals surface area (Å²) in [6, 6.07) is 0. The van der Waals surface area contributed by atoms with E-state index in [4.69, 9.17) is 23.7 Å². The second-order valence-electron chi connectivity index (χ2n) is 12.9. The van der Waals surface area contributed by atoms with Gasteiger partial charge in [-0.25, -0.2) is 0 Å². The quantitative estimate of drug-likeness (QED) is 0.127. The molecule has 3 fully saturated rings. The summed E-state index contributed by atoms with van der Waals surface area (Å²) in [6.07, 6.45) is 20.3. The van der Waals surface area contributed by atoms with E-state index in [-0.39, 0.29) is 48.0 Å². The van der Waals surface area contributed by atoms with E-state index in [0.29, 0.717) is 12.8 Å². The molecule has 1 aliphatic carbocycles. The maximum atomic E-state index is 11.4. The lowest BCUT2D eigenvalue weighted by Gasteiger charge is -2.36. The van der Waals surface area contributed by atoms with Gasteiger partial charge in [-0.05, 0) is 89.4 Å². The molecule has 2 heterocycles. The molecular weight excluding hydrogens is 520 g/mol. The molecule has 7 nitrogen and oxygen atoms in total. The van der Waals surface area contributed by atoms with Crippen LogP contribution in [0.2, 0.25) is 0 Å². The first-order chi connectivity index (χ1) is 19.7. The number of esters is 1. The highest BCUT2D eigenvalue weighted by atomic mass is 16.7. The van der Waals surface area contributed by atoms with Crippen molar-refractivity contribution in [2.75, 3.05) is 20.3 Å². The number of unbranched alkanes of at least 4 members (excludes halogenated alkanes) is 1. The monoisotopic (exact) mass is 576 g/mol. The Kier molecular flexibility index (Phi) is 14.6. The molecule has 3 rings (SSSR count). The molecule has 0 amide bonds. The van der Waals surface area contributed by atoms with Gasteiger partial charge in [0.25, 0.3) is 0 Å². The van der Waals surface area contributed by atoms with Crippen LogP contribution >= 0.6 is 0 Å². The number of hydrogen-bond donors (Lipinski definition) is 1. The SMILES string of the molecule is COC(=O)CCCC=CC[C@@H]1[C@@H](C=C[C@@H](OC2CCCCO2)C(C)(C)CC=C(C)C)[C@H](OC2CCCCO2)C[C@@H]1O. The second kappa shape index (κ2) is 17.6. The van der Waals surface area contributed by atoms with Crippen LogP contribution in [0.1, 0.15) is 105 Å². The summed E-state index contributed by atoms with van der Waals surface area (Å²) in [5.41, 5.74) is 1.16. The highest BCUT2D eigenvalue weighted by Crippen LogP contribution is 2.41. The van der Waals surface area contributed by atoms with E-state index in [9.17, 15) is 9.90 Å². The zero-order valence-electron chi connectivity index (χ0n) is 26.2. The van der Waals surface area contributed by atoms with E-state index < -0.39 is 6.10 Å². The molecule has 2 aliphatic heterocycles. The molecular formula is C34H56O7. The standard InChI is InChI=1S/C34H56O7/c1-25(2)20-21-34(3,4)30(41-33-17-11-13-23-39-33)19-18-27-26(14-8-6-7-9-15-31(36)37-5)28(35)24-29(27)40-32-16-10-12-22-38-32/h6,8,18-20,26-30,32-33,35H,7,9-17,21-24H2,1-5H3/t26-,27-,28+,29-,30-,32?,33?/m1/s1. The Hall–Kier alpha value is -1.51. The molecule has 0 aromatic carbocycles. The molecule has 7 atom stereocenters. The molecule has 0 aromatic rings. The Labute approximate surface area is 248 Å². The molecule has 41 heavy (non-hydrogen) atoms. The third-order valence-electron chi connectivity index (χ3n) is 8.66. The van der Waals surface area contributed by atoms with Gasteiger partial charge in [-0.3, -0.25) is 4.79 Å². The van der Waals surface area contributed by atoms with Crippen LogP contribution in [-0.2, 0) is 28.5 Å². The van der Waals surface area contributed by atoms with Gasteiger partial charge in [-0.1, -0.05) is 49.8 Å². The van der Waals surface area contributed by atoms with Crippen molar-refractivity contribution in [1.29, 1.82) is 0 Å². The van der Waals surface area contributed by atoms with Crippen LogP contribution in [0, 0.1) is 17.3 Å². The number of hydrogen-bond acceptors (Lipinski definition) is 7. The number of methoxy groups -OCH3 is 1. The predicted molar refractivity (Wildman–Crippen MR) is 161 cm³/mol. The number of rotatable bonds is 15. The van der Waals surface area contributed by atoms with E-state index >= 15 is 0 Å². The first-order valence-corrected chi connectivity index (χ1v) is 16.0. The van der Waals surface area contributed by atoms with Crippen molar-refractivity contribution in [3.8, 4) is 0 Å². The third-order valence-corrected chi connectivity index (χ3v) is 8.66. The lowest BCUT2D eigenvalue weighted by atomic mass is 9.81. The van der Waals surface area contributed by atoms with Gasteiger partial charge in [0.1, 0.15) is 0 Å². The fourth-order valence-electron chi connectivity index (χ4n) is 5.96. The highest BCUT2D eigenvalue weighted by molar-refractivity contribution is 5.69. The minimum atomic E-state index is -0.460. The van der Waals surface area contributed by atoms with E-state index in [1.54, 1.807) is 0 Å². The van der Waals surface area contributed by atoms with Crippen molar-refractivity contribution in [1.82, 2.24) is 0 Å². The van der Waals surface area contributed by atoms with Gasteiger partial charge >= 0.3 is 5.97 Å². The molecule has 0 aromatic heterocycles. The molecule has 1 N–H and O–H groups in total. The molecule has 1 saturated carbocycles. The molecule has 0 bridgehead atoms. The fraction of sp³-hybridized carbons (Fsp3) is 0.794. The summed E-state index contributed by atoms with van der Waals surface area (Å²) in [5.74, 6) is -0.111. The van der Waals surface area contributed by atoms with E-state index in [1.165, 1.54) is 12.7 Å². The van der Waals surface area contributed by atoms with Crippen molar-refractivity contribution in [3.05, 3.63) is 36.0 Å². The normalized spacial score (nSPS) is 30.1. The van der Waals surface area contributed by atoms with Crippen LogP contribution in [0.15, 0.2) is 36.0 Å². The maximum absolute atomic E-state index is 11.4. The number of ether oxygens (including phenoxy) is 5. The van der Waals surface area contributed by atoms with Crippen LogP contribution in [0.25, 0.3) is 0 Å². The van der Waals surface area contributed by atoms with Gasteiger partial charge in [0.2, 0.25) is 0 Å². The fourth-order valence-corrected chi connectivity index (χ4v) is 5.96. The van der Waals surface area contributed by atoms with Gasteiger partial charge < -0.3 is 28.8 Å². The summed E-state index contributed by atoms with van der Waals surface area (Å²) in [4.78, 5) is 11.4. The Morgan fingerprint density at radius 1 is 1.05 bits per heavy atom. The first-order valence-electron chi connectivity index (χ1n) is 16.0. The Balaban J connectivity index is 1.77. The highest BCUT2D eigenvalue weighted by Gasteiger charge is 2.43. The van der Waals surface area contributed by atoms with Crippen LogP contribution in [0.3, 0.4) is 0 Å². The van der Waals surface area contributed by atoms with Crippen LogP contribution in [-0.4, -0.2) is 62.3 Å². The molecule has 234 valence electrons. The maximum Gasteiger partial charge on any atom is 0.305 e. The Morgan fingerprint density at radius 3 is 2.39 bits per heavy atom. The van der Waals surface area contributed by atoms with E-state index in [2.05, 4.69) is 58.1 Å². The largest absolute Gasteiger partial charge is 0.469 e. The number of allylic oxidation sites excluding steroid dienone is 4. The van der Waals surface area contributed by atoms with Crippen molar-refractivity contribution >= 4 is 5.97 Å². The van der Waals surface area contributed by atoms with Crippen molar-refractivity contribution in [2.45, 2.75) is 136 Å². The Bertz CT molecular complexity index is 847. The smallest absolute Gasteiger partial charge is 0.305 e. The zero-order valence-corrected chi connectivity index (χ0v) is 26.2. The average Bonchev–Trinajstić information content (AvgIpc) is 3.25. The molecule has 2 saturated heterocycles. The first kappa shape index (κ1) is 34.0. The summed E-state index contributed by atoms with van der Waals surface area (Å²) >= 11 is 0. The minimum absolute atomic E-state index is 0.0316. The average molecular weight is 577 g/mol. The lowest BCUT2D eigenvalue weighted by Crippen LogP contribution is -2.36. The zero-order chi connectivity index (χ0) is 29.7. The van der Waals surface area contributed by atoms with Gasteiger partial charge in [0, 0.05) is 32.0 Å². The van der Waals surface area contributed by atoms with E-state index in [1.807, 2.05) is 0 Å². The molecule has 0 radical (unpaired) electrons. The number of aliphatic hydroxyl groups is 1. The number of aliphatic hydroxyl groups excluding tert-OH is 1. The van der Waals surface area contributed by atoms with Gasteiger partial charge in [0.15, 0.2) is 12.6 Å². The van der Waals surface area contributed by atoms with Crippen molar-refractivity contribution in [3.63, 3.8) is 0 Å². The van der Waals surface area contributed by atoms with Crippen LogP contribution in [0.5, 0.6) is 0 Å². The predicted octanol–water partition coefficient (Wildman–Crippen LogP) is 7.04. The minimum Gasteiger partial charge on any atom is -0.469 e. The molecule has 3 aliphatic rings. The van der Waals surface area contributed by atoms with Crippen LogP contribution < -0.4 is 0 Å². The molecule has 0 spiro atoms.